The molecule has 1 N–H and O–H groups in total. The highest BCUT2D eigenvalue weighted by Gasteiger charge is 2.23. The molecule has 1 aromatic carbocycles. The van der Waals surface area contributed by atoms with Crippen molar-refractivity contribution < 1.29 is 4.79 Å². The van der Waals surface area contributed by atoms with E-state index in [0.717, 1.165) is 50.9 Å². The van der Waals surface area contributed by atoms with E-state index in [0.29, 0.717) is 5.91 Å². The lowest BCUT2D eigenvalue weighted by Gasteiger charge is -2.32. The van der Waals surface area contributed by atoms with Gasteiger partial charge in [0.25, 0.3) is 0 Å². The predicted molar refractivity (Wildman–Crippen MR) is 98.9 cm³/mol. The third-order valence-corrected chi connectivity index (χ3v) is 5.88. The molecule has 132 valence electrons. The van der Waals surface area contributed by atoms with Gasteiger partial charge in [-0.2, -0.15) is 0 Å². The molecule has 0 bridgehead atoms. The highest BCUT2D eigenvalue weighted by atomic mass is 16.2. The molecule has 0 aliphatic carbocycles. The summed E-state index contributed by atoms with van der Waals surface area (Å²) in [6.07, 6.45) is 9.16. The second-order valence-electron chi connectivity index (χ2n) is 7.58. The second-order valence-corrected chi connectivity index (χ2v) is 7.58. The molecule has 2 fully saturated rings. The summed E-state index contributed by atoms with van der Waals surface area (Å²) in [6.45, 7) is 4.21. The molecule has 0 unspecified atom stereocenters. The third kappa shape index (κ3) is 5.34. The summed E-state index contributed by atoms with van der Waals surface area (Å²) >= 11 is 0. The lowest BCUT2D eigenvalue weighted by atomic mass is 9.90. The van der Waals surface area contributed by atoms with Crippen LogP contribution >= 0.6 is 0 Å². The summed E-state index contributed by atoms with van der Waals surface area (Å²) in [7, 11) is 0. The molecule has 0 spiro atoms. The van der Waals surface area contributed by atoms with Crippen LogP contribution in [0, 0.1) is 11.8 Å². The van der Waals surface area contributed by atoms with Crippen molar-refractivity contribution in [3.8, 4) is 0 Å². The van der Waals surface area contributed by atoms with Crippen molar-refractivity contribution in [1.82, 2.24) is 10.2 Å². The molecule has 2 saturated heterocycles. The summed E-state index contributed by atoms with van der Waals surface area (Å²) in [5.41, 5.74) is 1.44. The normalized spacial score (nSPS) is 20.2. The molecule has 2 heterocycles. The number of aryl methyl sites for hydroxylation is 1. The maximum atomic E-state index is 12.4. The van der Waals surface area contributed by atoms with Gasteiger partial charge in [0.1, 0.15) is 0 Å². The van der Waals surface area contributed by atoms with E-state index >= 15 is 0 Å². The Morgan fingerprint density at radius 1 is 0.958 bits per heavy atom. The van der Waals surface area contributed by atoms with Crippen LogP contribution in [0.15, 0.2) is 30.3 Å². The smallest absolute Gasteiger partial charge is 0.222 e. The van der Waals surface area contributed by atoms with Crippen LogP contribution in [-0.4, -0.2) is 37.0 Å². The van der Waals surface area contributed by atoms with Gasteiger partial charge < -0.3 is 10.2 Å². The molecule has 0 aromatic heterocycles. The number of carbonyl (C=O) groups excluding carboxylic acids is 1. The van der Waals surface area contributed by atoms with E-state index in [4.69, 9.17) is 0 Å². The first-order valence-corrected chi connectivity index (χ1v) is 9.83. The molecule has 1 amide bonds. The highest BCUT2D eigenvalue weighted by molar-refractivity contribution is 5.76. The minimum atomic E-state index is 0.398. The van der Waals surface area contributed by atoms with E-state index in [1.807, 2.05) is 0 Å². The zero-order valence-electron chi connectivity index (χ0n) is 14.9. The molecule has 3 heteroatoms. The second kappa shape index (κ2) is 9.22. The maximum absolute atomic E-state index is 12.4. The van der Waals surface area contributed by atoms with E-state index in [-0.39, 0.29) is 0 Å². The number of piperidine rings is 2. The predicted octanol–water partition coefficient (Wildman–Crippen LogP) is 3.64. The van der Waals surface area contributed by atoms with Crippen LogP contribution in [0.2, 0.25) is 0 Å². The van der Waals surface area contributed by atoms with Gasteiger partial charge in [0.2, 0.25) is 5.91 Å². The van der Waals surface area contributed by atoms with Crippen molar-refractivity contribution in [2.24, 2.45) is 11.8 Å². The van der Waals surface area contributed by atoms with Crippen LogP contribution in [-0.2, 0) is 11.2 Å². The number of likely N-dealkylation sites (tertiary alicyclic amines) is 1. The van der Waals surface area contributed by atoms with Crippen LogP contribution in [0.1, 0.15) is 50.5 Å². The van der Waals surface area contributed by atoms with Gasteiger partial charge in [0.05, 0.1) is 0 Å². The summed E-state index contributed by atoms with van der Waals surface area (Å²) in [4.78, 5) is 14.6. The molecule has 0 saturated carbocycles. The Kier molecular flexibility index (Phi) is 6.71. The monoisotopic (exact) mass is 328 g/mol. The van der Waals surface area contributed by atoms with Crippen LogP contribution in [0.4, 0.5) is 0 Å². The molecule has 1 aromatic rings. The van der Waals surface area contributed by atoms with Crippen molar-refractivity contribution in [2.75, 3.05) is 26.2 Å². The van der Waals surface area contributed by atoms with E-state index in [1.54, 1.807) is 0 Å². The number of nitrogens with one attached hydrogen (secondary N) is 1. The van der Waals surface area contributed by atoms with Gasteiger partial charge in [-0.25, -0.2) is 0 Å². The van der Waals surface area contributed by atoms with Gasteiger partial charge in [-0.3, -0.25) is 4.79 Å². The van der Waals surface area contributed by atoms with Crippen LogP contribution in [0.25, 0.3) is 0 Å². The molecule has 3 nitrogen and oxygen atoms in total. The summed E-state index contributed by atoms with van der Waals surface area (Å²) in [5, 5.41) is 3.40. The Hall–Kier alpha value is -1.35. The van der Waals surface area contributed by atoms with Crippen molar-refractivity contribution in [1.29, 1.82) is 0 Å². The molecular formula is C21H32N2O. The van der Waals surface area contributed by atoms with E-state index in [1.165, 1.54) is 44.1 Å². The third-order valence-electron chi connectivity index (χ3n) is 5.88. The maximum Gasteiger partial charge on any atom is 0.222 e. The van der Waals surface area contributed by atoms with E-state index < -0.39 is 0 Å². The molecule has 0 radical (unpaired) electrons. The average molecular weight is 329 g/mol. The lowest BCUT2D eigenvalue weighted by molar-refractivity contribution is -0.133. The average Bonchev–Trinajstić information content (AvgIpc) is 2.66. The topological polar surface area (TPSA) is 32.3 Å². The fraction of sp³-hybridized carbons (Fsp3) is 0.667. The quantitative estimate of drug-likeness (QED) is 0.865. The van der Waals surface area contributed by atoms with Crippen molar-refractivity contribution in [3.05, 3.63) is 35.9 Å². The molecule has 0 atom stereocenters. The van der Waals surface area contributed by atoms with Crippen molar-refractivity contribution >= 4 is 5.91 Å². The summed E-state index contributed by atoms with van der Waals surface area (Å²) in [5.74, 6) is 1.95. The number of nitrogens with zero attached hydrogens (tertiary/aromatic N) is 1. The number of rotatable bonds is 6. The van der Waals surface area contributed by atoms with Crippen LogP contribution in [0.5, 0.6) is 0 Å². The minimum absolute atomic E-state index is 0.398. The van der Waals surface area contributed by atoms with Crippen LogP contribution in [0.3, 0.4) is 0 Å². The Bertz CT molecular complexity index is 488. The Balaban J connectivity index is 1.33. The molecular weight excluding hydrogens is 296 g/mol. The zero-order chi connectivity index (χ0) is 16.6. The molecule has 3 rings (SSSR count). The number of hydrogen-bond acceptors (Lipinski definition) is 2. The zero-order valence-corrected chi connectivity index (χ0v) is 14.9. The highest BCUT2D eigenvalue weighted by Crippen LogP contribution is 2.24. The largest absolute Gasteiger partial charge is 0.343 e. The van der Waals surface area contributed by atoms with Gasteiger partial charge in [-0.05, 0) is 75.4 Å². The first-order chi connectivity index (χ1) is 11.8. The minimum Gasteiger partial charge on any atom is -0.343 e. The molecule has 24 heavy (non-hydrogen) atoms. The van der Waals surface area contributed by atoms with Gasteiger partial charge in [-0.1, -0.05) is 30.3 Å². The number of benzene rings is 1. The lowest BCUT2D eigenvalue weighted by Crippen LogP contribution is -2.39. The number of hydrogen-bond donors (Lipinski definition) is 1. The fourth-order valence-corrected chi connectivity index (χ4v) is 4.14. The van der Waals surface area contributed by atoms with Gasteiger partial charge in [-0.15, -0.1) is 0 Å². The van der Waals surface area contributed by atoms with Gasteiger partial charge in [0, 0.05) is 19.5 Å². The van der Waals surface area contributed by atoms with Crippen LogP contribution < -0.4 is 5.32 Å². The summed E-state index contributed by atoms with van der Waals surface area (Å²) < 4.78 is 0. The molecule has 2 aliphatic heterocycles. The Morgan fingerprint density at radius 3 is 2.33 bits per heavy atom. The molecule has 2 aliphatic rings. The number of amides is 1. The Morgan fingerprint density at radius 2 is 1.62 bits per heavy atom. The van der Waals surface area contributed by atoms with Crippen molar-refractivity contribution in [3.63, 3.8) is 0 Å². The number of carbonyl (C=O) groups is 1. The first kappa shape index (κ1) is 17.5. The Labute approximate surface area is 146 Å². The first-order valence-electron chi connectivity index (χ1n) is 9.83. The SMILES string of the molecule is O=C(CCC1CCNCC1)N1CCC(CCc2ccccc2)CC1. The van der Waals surface area contributed by atoms with Gasteiger partial charge in [0.15, 0.2) is 0 Å². The standard InChI is InChI=1S/C21H32N2O/c24-21(9-8-19-10-14-22-15-11-19)23-16-12-20(13-17-23)7-6-18-4-2-1-3-5-18/h1-5,19-20,22H,6-17H2. The fourth-order valence-electron chi connectivity index (χ4n) is 4.14. The van der Waals surface area contributed by atoms with E-state index in [2.05, 4.69) is 40.5 Å². The summed E-state index contributed by atoms with van der Waals surface area (Å²) in [6, 6.07) is 10.8. The van der Waals surface area contributed by atoms with Gasteiger partial charge >= 0.3 is 0 Å². The van der Waals surface area contributed by atoms with Crippen molar-refractivity contribution in [2.45, 2.75) is 51.4 Å². The van der Waals surface area contributed by atoms with E-state index in [9.17, 15) is 4.79 Å².